The lowest BCUT2D eigenvalue weighted by molar-refractivity contribution is 0.0994. The molecule has 1 nitrogen and oxygen atoms in total. The molecule has 0 radical (unpaired) electrons. The smallest absolute Gasteiger partial charge is 0.167 e. The average Bonchev–Trinajstić information content (AvgIpc) is 2.12. The summed E-state index contributed by atoms with van der Waals surface area (Å²) in [5, 5.41) is 0. The van der Waals surface area contributed by atoms with Crippen LogP contribution in [0.15, 0.2) is 30.3 Å². The largest absolute Gasteiger partial charge is 0.294 e. The van der Waals surface area contributed by atoms with E-state index < -0.39 is 0 Å². The van der Waals surface area contributed by atoms with E-state index in [2.05, 4.69) is 15.9 Å². The summed E-state index contributed by atoms with van der Waals surface area (Å²) < 4.78 is 1.03. The van der Waals surface area contributed by atoms with E-state index in [1.165, 1.54) is 0 Å². The summed E-state index contributed by atoms with van der Waals surface area (Å²) in [4.78, 5) is 11.4. The number of rotatable bonds is 0. The number of allylic oxidation sites excluding steroid dienone is 1. The molecule has 60 valence electrons. The lowest BCUT2D eigenvalue weighted by atomic mass is 9.96. The number of fused-ring (bicyclic) bond motifs is 1. The van der Waals surface area contributed by atoms with Gasteiger partial charge in [-0.2, -0.15) is 0 Å². The molecule has 0 spiro atoms. The number of halogens is 1. The summed E-state index contributed by atoms with van der Waals surface area (Å²) in [6, 6.07) is 7.65. The zero-order valence-electron chi connectivity index (χ0n) is 6.38. The zero-order chi connectivity index (χ0) is 8.55. The van der Waals surface area contributed by atoms with Crippen LogP contribution in [0.5, 0.6) is 0 Å². The first-order valence-corrected chi connectivity index (χ1v) is 4.56. The van der Waals surface area contributed by atoms with Gasteiger partial charge in [-0.25, -0.2) is 0 Å². The molecule has 2 rings (SSSR count). The summed E-state index contributed by atoms with van der Waals surface area (Å²) in [6.07, 6.45) is 2.42. The Morgan fingerprint density at radius 2 is 1.83 bits per heavy atom. The molecule has 0 atom stereocenters. The highest BCUT2D eigenvalue weighted by Crippen LogP contribution is 2.29. The van der Waals surface area contributed by atoms with Crippen molar-refractivity contribution in [3.05, 3.63) is 41.5 Å². The Kier molecular flexibility index (Phi) is 1.85. The van der Waals surface area contributed by atoms with Crippen LogP contribution in [0.1, 0.15) is 22.3 Å². The van der Waals surface area contributed by atoms with Gasteiger partial charge in [-0.3, -0.25) is 4.79 Å². The van der Waals surface area contributed by atoms with E-state index in [4.69, 9.17) is 0 Å². The van der Waals surface area contributed by atoms with Crippen molar-refractivity contribution in [2.45, 2.75) is 6.42 Å². The van der Waals surface area contributed by atoms with Gasteiger partial charge in [0.1, 0.15) is 0 Å². The fourth-order valence-electron chi connectivity index (χ4n) is 1.34. The number of ketones is 1. The predicted molar refractivity (Wildman–Crippen MR) is 52.3 cm³/mol. The van der Waals surface area contributed by atoms with Crippen molar-refractivity contribution in [1.29, 1.82) is 0 Å². The highest BCUT2D eigenvalue weighted by atomic mass is 79.9. The van der Waals surface area contributed by atoms with Crippen molar-refractivity contribution in [3.63, 3.8) is 0 Å². The zero-order valence-corrected chi connectivity index (χ0v) is 7.97. The van der Waals surface area contributed by atoms with Crippen LogP contribution >= 0.6 is 15.9 Å². The first-order chi connectivity index (χ1) is 5.79. The van der Waals surface area contributed by atoms with E-state index in [0.717, 1.165) is 15.6 Å². The van der Waals surface area contributed by atoms with Gasteiger partial charge < -0.3 is 0 Å². The lowest BCUT2D eigenvalue weighted by Gasteiger charge is -2.11. The molecule has 1 aromatic rings. The standard InChI is InChI=1S/C10H7BrO/c11-9-5-6-10(12)8-4-2-1-3-7(8)9/h1-5H,6H2. The Hall–Kier alpha value is -0.890. The second-order valence-electron chi connectivity index (χ2n) is 2.72. The van der Waals surface area contributed by atoms with Crippen molar-refractivity contribution in [2.24, 2.45) is 0 Å². The maximum Gasteiger partial charge on any atom is 0.167 e. The molecule has 1 aliphatic rings. The average molecular weight is 223 g/mol. The highest BCUT2D eigenvalue weighted by Gasteiger charge is 2.15. The van der Waals surface area contributed by atoms with Crippen LogP contribution in [0.4, 0.5) is 0 Å². The van der Waals surface area contributed by atoms with E-state index in [1.807, 2.05) is 30.3 Å². The van der Waals surface area contributed by atoms with Crippen molar-refractivity contribution >= 4 is 26.2 Å². The first-order valence-electron chi connectivity index (χ1n) is 3.77. The maximum absolute atomic E-state index is 11.4. The summed E-state index contributed by atoms with van der Waals surface area (Å²) in [5.74, 6) is 0.203. The van der Waals surface area contributed by atoms with Gasteiger partial charge in [-0.1, -0.05) is 46.3 Å². The van der Waals surface area contributed by atoms with Crippen LogP contribution < -0.4 is 0 Å². The van der Waals surface area contributed by atoms with E-state index in [9.17, 15) is 4.79 Å². The van der Waals surface area contributed by atoms with Crippen LogP contribution in [0, 0.1) is 0 Å². The topological polar surface area (TPSA) is 17.1 Å². The number of hydrogen-bond acceptors (Lipinski definition) is 1. The van der Waals surface area contributed by atoms with Gasteiger partial charge in [0, 0.05) is 16.5 Å². The summed E-state index contributed by atoms with van der Waals surface area (Å²) in [6.45, 7) is 0. The minimum Gasteiger partial charge on any atom is -0.294 e. The normalized spacial score (nSPS) is 15.4. The molecule has 2 heteroatoms. The second-order valence-corrected chi connectivity index (χ2v) is 3.58. The minimum atomic E-state index is 0.203. The quantitative estimate of drug-likeness (QED) is 0.660. The van der Waals surface area contributed by atoms with Crippen molar-refractivity contribution < 1.29 is 4.79 Å². The summed E-state index contributed by atoms with van der Waals surface area (Å²) in [7, 11) is 0. The van der Waals surface area contributed by atoms with Gasteiger partial charge in [-0.05, 0) is 5.56 Å². The Labute approximate surface area is 79.2 Å². The Morgan fingerprint density at radius 1 is 1.17 bits per heavy atom. The van der Waals surface area contributed by atoms with Gasteiger partial charge in [-0.15, -0.1) is 0 Å². The molecule has 0 heterocycles. The number of benzene rings is 1. The molecule has 0 unspecified atom stereocenters. The molecule has 12 heavy (non-hydrogen) atoms. The van der Waals surface area contributed by atoms with Crippen LogP contribution in [-0.4, -0.2) is 5.78 Å². The van der Waals surface area contributed by atoms with Crippen LogP contribution in [0.2, 0.25) is 0 Å². The SMILES string of the molecule is O=C1CC=C(Br)c2ccccc21. The van der Waals surface area contributed by atoms with Gasteiger partial charge in [0.25, 0.3) is 0 Å². The minimum absolute atomic E-state index is 0.203. The lowest BCUT2D eigenvalue weighted by Crippen LogP contribution is -2.05. The molecule has 1 aliphatic carbocycles. The van der Waals surface area contributed by atoms with Crippen molar-refractivity contribution in [1.82, 2.24) is 0 Å². The molecule has 0 fully saturated rings. The van der Waals surface area contributed by atoms with Crippen LogP contribution in [-0.2, 0) is 0 Å². The molecule has 0 saturated heterocycles. The Bertz CT molecular complexity index is 366. The molecular weight excluding hydrogens is 216 g/mol. The summed E-state index contributed by atoms with van der Waals surface area (Å²) >= 11 is 3.42. The van der Waals surface area contributed by atoms with Crippen LogP contribution in [0.3, 0.4) is 0 Å². The van der Waals surface area contributed by atoms with E-state index in [-0.39, 0.29) is 5.78 Å². The third kappa shape index (κ3) is 1.12. The third-order valence-corrected chi connectivity index (χ3v) is 2.70. The molecule has 0 bridgehead atoms. The number of carbonyl (C=O) groups excluding carboxylic acids is 1. The van der Waals surface area contributed by atoms with Crippen molar-refractivity contribution in [3.8, 4) is 0 Å². The van der Waals surface area contributed by atoms with Gasteiger partial charge in [0.15, 0.2) is 5.78 Å². The Balaban J connectivity index is 2.66. The maximum atomic E-state index is 11.4. The van der Waals surface area contributed by atoms with E-state index >= 15 is 0 Å². The molecule has 0 aliphatic heterocycles. The molecule has 0 amide bonds. The molecule has 0 N–H and O–H groups in total. The molecule has 1 aromatic carbocycles. The van der Waals surface area contributed by atoms with Gasteiger partial charge >= 0.3 is 0 Å². The molecule has 0 aromatic heterocycles. The fourth-order valence-corrected chi connectivity index (χ4v) is 1.84. The highest BCUT2D eigenvalue weighted by molar-refractivity contribution is 9.15. The second kappa shape index (κ2) is 2.87. The van der Waals surface area contributed by atoms with Crippen molar-refractivity contribution in [2.75, 3.05) is 0 Å². The van der Waals surface area contributed by atoms with E-state index in [1.54, 1.807) is 0 Å². The van der Waals surface area contributed by atoms with E-state index in [0.29, 0.717) is 6.42 Å². The summed E-state index contributed by atoms with van der Waals surface area (Å²) in [5.41, 5.74) is 1.83. The fraction of sp³-hybridized carbons (Fsp3) is 0.100. The Morgan fingerprint density at radius 3 is 2.50 bits per heavy atom. The number of Topliss-reactive ketones (excluding diaryl/α,β-unsaturated/α-hetero) is 1. The first kappa shape index (κ1) is 7.74. The monoisotopic (exact) mass is 222 g/mol. The van der Waals surface area contributed by atoms with Crippen LogP contribution in [0.25, 0.3) is 4.48 Å². The predicted octanol–water partition coefficient (Wildman–Crippen LogP) is 3.01. The molecule has 0 saturated carbocycles. The van der Waals surface area contributed by atoms with Gasteiger partial charge in [0.05, 0.1) is 0 Å². The third-order valence-electron chi connectivity index (χ3n) is 1.95. The number of hydrogen-bond donors (Lipinski definition) is 0. The number of carbonyl (C=O) groups is 1. The molecular formula is C10H7BrO. The van der Waals surface area contributed by atoms with Gasteiger partial charge in [0.2, 0.25) is 0 Å².